The van der Waals surface area contributed by atoms with Gasteiger partial charge in [-0.15, -0.1) is 0 Å². The van der Waals surface area contributed by atoms with Gasteiger partial charge in [0.25, 0.3) is 0 Å². The van der Waals surface area contributed by atoms with Crippen molar-refractivity contribution in [2.45, 2.75) is 64.3 Å². The molecule has 2 N–H and O–H groups in total. The quantitative estimate of drug-likeness (QED) is 0.537. The fourth-order valence-electron chi connectivity index (χ4n) is 4.57. The Morgan fingerprint density at radius 3 is 2.83 bits per heavy atom. The van der Waals surface area contributed by atoms with Crippen LogP contribution < -0.4 is 5.73 Å². The molecule has 3 rings (SSSR count). The van der Waals surface area contributed by atoms with Crippen molar-refractivity contribution in [3.05, 3.63) is 30.1 Å². The second kappa shape index (κ2) is 11.3. The summed E-state index contributed by atoms with van der Waals surface area (Å²) in [4.78, 5) is 25.3. The summed E-state index contributed by atoms with van der Waals surface area (Å²) in [7, 11) is 1.75. The molecule has 2 fully saturated rings. The summed E-state index contributed by atoms with van der Waals surface area (Å²) in [6, 6.07) is 6.04. The van der Waals surface area contributed by atoms with Crippen molar-refractivity contribution in [3.8, 4) is 0 Å². The second-order valence-electron chi connectivity index (χ2n) is 8.76. The third-order valence-electron chi connectivity index (χ3n) is 6.44. The van der Waals surface area contributed by atoms with Gasteiger partial charge >= 0.3 is 0 Å². The first-order chi connectivity index (χ1) is 14.1. The Balaban J connectivity index is 1.35. The highest BCUT2D eigenvalue weighted by Gasteiger charge is 2.23. The number of pyridine rings is 1. The Hall–Kier alpha value is -1.95. The smallest absolute Gasteiger partial charge is 0.229 e. The molecule has 0 unspecified atom stereocenters. The summed E-state index contributed by atoms with van der Waals surface area (Å²) in [5.74, 6) is 1.76. The van der Waals surface area contributed by atoms with E-state index >= 15 is 0 Å². The van der Waals surface area contributed by atoms with E-state index in [0.717, 1.165) is 44.1 Å². The van der Waals surface area contributed by atoms with Gasteiger partial charge in [-0.25, -0.2) is 0 Å². The van der Waals surface area contributed by atoms with Gasteiger partial charge in [0.15, 0.2) is 5.96 Å². The number of aliphatic imine (C=N–C) groups is 1. The van der Waals surface area contributed by atoms with Crippen molar-refractivity contribution in [2.75, 3.05) is 26.7 Å². The molecule has 1 aromatic heterocycles. The molecule has 6 nitrogen and oxygen atoms in total. The lowest BCUT2D eigenvalue weighted by Gasteiger charge is -2.22. The number of guanidine groups is 1. The molecule has 6 heteroatoms. The summed E-state index contributed by atoms with van der Waals surface area (Å²) < 4.78 is 0. The molecule has 1 amide bonds. The molecular weight excluding hydrogens is 362 g/mol. The minimum absolute atomic E-state index is 0.0882. The molecule has 1 saturated heterocycles. The number of carbonyl (C=O) groups is 1. The van der Waals surface area contributed by atoms with Crippen LogP contribution in [-0.4, -0.2) is 53.3 Å². The molecular formula is C23H37N5O. The van der Waals surface area contributed by atoms with Gasteiger partial charge in [-0.2, -0.15) is 0 Å². The van der Waals surface area contributed by atoms with E-state index in [1.54, 1.807) is 11.9 Å². The van der Waals surface area contributed by atoms with E-state index in [2.05, 4.69) is 20.9 Å². The van der Waals surface area contributed by atoms with E-state index in [1.807, 2.05) is 18.3 Å². The molecule has 0 radical (unpaired) electrons. The highest BCUT2D eigenvalue weighted by Crippen LogP contribution is 2.27. The minimum Gasteiger partial charge on any atom is -0.369 e. The van der Waals surface area contributed by atoms with Crippen molar-refractivity contribution in [1.82, 2.24) is 14.8 Å². The highest BCUT2D eigenvalue weighted by molar-refractivity contribution is 5.95. The number of likely N-dealkylation sites (tertiary alicyclic amines) is 1. The van der Waals surface area contributed by atoms with Gasteiger partial charge in [0.2, 0.25) is 5.91 Å². The first-order valence-electron chi connectivity index (χ1n) is 11.3. The summed E-state index contributed by atoms with van der Waals surface area (Å²) in [5.41, 5.74) is 7.21. The van der Waals surface area contributed by atoms with Crippen molar-refractivity contribution >= 4 is 11.9 Å². The molecule has 2 aliphatic rings. The van der Waals surface area contributed by atoms with Crippen LogP contribution in [0.3, 0.4) is 0 Å². The van der Waals surface area contributed by atoms with Gasteiger partial charge in [-0.1, -0.05) is 38.2 Å². The van der Waals surface area contributed by atoms with Crippen LogP contribution in [0.2, 0.25) is 0 Å². The van der Waals surface area contributed by atoms with Gasteiger partial charge < -0.3 is 5.73 Å². The lowest BCUT2D eigenvalue weighted by molar-refractivity contribution is -0.126. The van der Waals surface area contributed by atoms with Crippen LogP contribution in [0, 0.1) is 11.8 Å². The Labute approximate surface area is 175 Å². The summed E-state index contributed by atoms with van der Waals surface area (Å²) >= 11 is 0. The third-order valence-corrected chi connectivity index (χ3v) is 6.44. The van der Waals surface area contributed by atoms with Crippen LogP contribution >= 0.6 is 0 Å². The number of amides is 1. The van der Waals surface area contributed by atoms with Crippen LogP contribution in [0.1, 0.15) is 63.5 Å². The van der Waals surface area contributed by atoms with Crippen LogP contribution in [-0.2, 0) is 11.3 Å². The predicted molar refractivity (Wildman–Crippen MR) is 117 cm³/mol. The SMILES string of the molecule is CN(C(=O)CCCC1CCCCC1)C(N)=NC[C@@H]1CCN(Cc2ccccn2)C1. The van der Waals surface area contributed by atoms with E-state index in [4.69, 9.17) is 5.73 Å². The molecule has 1 atom stereocenters. The number of nitrogens with zero attached hydrogens (tertiary/aromatic N) is 4. The molecule has 0 bridgehead atoms. The van der Waals surface area contributed by atoms with E-state index in [9.17, 15) is 4.79 Å². The number of nitrogens with two attached hydrogens (primary N) is 1. The van der Waals surface area contributed by atoms with Crippen LogP contribution in [0.5, 0.6) is 0 Å². The molecule has 0 aromatic carbocycles. The first-order valence-corrected chi connectivity index (χ1v) is 11.3. The Morgan fingerprint density at radius 2 is 2.07 bits per heavy atom. The number of rotatable bonds is 8. The van der Waals surface area contributed by atoms with Crippen LogP contribution in [0.25, 0.3) is 0 Å². The van der Waals surface area contributed by atoms with Crippen molar-refractivity contribution in [2.24, 2.45) is 22.6 Å². The monoisotopic (exact) mass is 399 g/mol. The molecule has 1 aromatic rings. The maximum absolute atomic E-state index is 12.4. The normalized spacial score (nSPS) is 21.4. The first kappa shape index (κ1) is 21.8. The zero-order valence-electron chi connectivity index (χ0n) is 17.9. The predicted octanol–water partition coefficient (Wildman–Crippen LogP) is 3.43. The number of hydrogen-bond donors (Lipinski definition) is 1. The fourth-order valence-corrected chi connectivity index (χ4v) is 4.57. The number of hydrogen-bond acceptors (Lipinski definition) is 4. The summed E-state index contributed by atoms with van der Waals surface area (Å²) in [6.45, 7) is 3.64. The lowest BCUT2D eigenvalue weighted by Crippen LogP contribution is -2.39. The van der Waals surface area contributed by atoms with Gasteiger partial charge in [0, 0.05) is 39.3 Å². The van der Waals surface area contributed by atoms with Crippen molar-refractivity contribution in [3.63, 3.8) is 0 Å². The Morgan fingerprint density at radius 1 is 1.24 bits per heavy atom. The molecule has 0 spiro atoms. The van der Waals surface area contributed by atoms with Gasteiger partial charge in [0.05, 0.1) is 5.69 Å². The second-order valence-corrected chi connectivity index (χ2v) is 8.76. The van der Waals surface area contributed by atoms with Crippen molar-refractivity contribution in [1.29, 1.82) is 0 Å². The standard InChI is InChI=1S/C23H37N5O/c1-27(22(29)12-7-10-19-8-3-2-4-9-19)23(24)26-16-20-13-15-28(17-20)18-21-11-5-6-14-25-21/h5-6,11,14,19-20H,2-4,7-10,12-13,15-18H2,1H3,(H2,24,26)/t20-/m0/s1. The van der Waals surface area contributed by atoms with Crippen molar-refractivity contribution < 1.29 is 4.79 Å². The summed E-state index contributed by atoms with van der Waals surface area (Å²) in [5, 5.41) is 0. The molecule has 1 aliphatic carbocycles. The molecule has 1 aliphatic heterocycles. The lowest BCUT2D eigenvalue weighted by atomic mass is 9.86. The Kier molecular flexibility index (Phi) is 8.47. The maximum atomic E-state index is 12.4. The average molecular weight is 400 g/mol. The largest absolute Gasteiger partial charge is 0.369 e. The fraction of sp³-hybridized carbons (Fsp3) is 0.696. The average Bonchev–Trinajstić information content (AvgIpc) is 3.20. The zero-order valence-corrected chi connectivity index (χ0v) is 17.9. The van der Waals surface area contributed by atoms with Crippen LogP contribution in [0.15, 0.2) is 29.4 Å². The topological polar surface area (TPSA) is 74.8 Å². The summed E-state index contributed by atoms with van der Waals surface area (Å²) in [6.07, 6.45) is 12.4. The molecule has 160 valence electrons. The minimum atomic E-state index is 0.0882. The number of carbonyl (C=O) groups excluding carboxylic acids is 1. The maximum Gasteiger partial charge on any atom is 0.229 e. The molecule has 29 heavy (non-hydrogen) atoms. The van der Waals surface area contributed by atoms with Gasteiger partial charge in [-0.05, 0) is 49.8 Å². The Bertz CT molecular complexity index is 656. The van der Waals surface area contributed by atoms with E-state index in [-0.39, 0.29) is 5.91 Å². The number of aromatic nitrogens is 1. The third kappa shape index (κ3) is 7.11. The highest BCUT2D eigenvalue weighted by atomic mass is 16.2. The molecule has 2 heterocycles. The zero-order chi connectivity index (χ0) is 20.5. The van der Waals surface area contributed by atoms with Gasteiger partial charge in [0.1, 0.15) is 0 Å². The van der Waals surface area contributed by atoms with E-state index in [1.165, 1.54) is 38.5 Å². The van der Waals surface area contributed by atoms with Gasteiger partial charge in [-0.3, -0.25) is 24.6 Å². The molecule has 1 saturated carbocycles. The van der Waals surface area contributed by atoms with E-state index < -0.39 is 0 Å². The van der Waals surface area contributed by atoms with E-state index in [0.29, 0.717) is 24.8 Å². The van der Waals surface area contributed by atoms with Crippen LogP contribution in [0.4, 0.5) is 0 Å².